The van der Waals surface area contributed by atoms with Gasteiger partial charge >= 0.3 is 0 Å². The highest BCUT2D eigenvalue weighted by Crippen LogP contribution is 2.28. The average Bonchev–Trinajstić information content (AvgIpc) is 3.33. The van der Waals surface area contributed by atoms with Gasteiger partial charge in [-0.05, 0) is 73.6 Å². The summed E-state index contributed by atoms with van der Waals surface area (Å²) in [5.74, 6) is 1.25. The fourth-order valence-electron chi connectivity index (χ4n) is 5.26. The molecule has 1 saturated heterocycles. The molecule has 4 aromatic rings. The first kappa shape index (κ1) is 24.8. The van der Waals surface area contributed by atoms with Crippen molar-refractivity contribution >= 4 is 11.0 Å². The van der Waals surface area contributed by atoms with Gasteiger partial charge in [0.15, 0.2) is 5.65 Å². The van der Waals surface area contributed by atoms with Crippen LogP contribution in [0, 0.1) is 11.7 Å². The molecule has 0 spiro atoms. The van der Waals surface area contributed by atoms with Crippen LogP contribution in [-0.4, -0.2) is 54.6 Å². The van der Waals surface area contributed by atoms with Crippen LogP contribution in [0.1, 0.15) is 37.7 Å². The number of rotatable bonds is 8. The van der Waals surface area contributed by atoms with Crippen molar-refractivity contribution in [1.82, 2.24) is 24.2 Å². The maximum Gasteiger partial charge on any atom is 0.264 e. The topological polar surface area (TPSA) is 85.4 Å². The van der Waals surface area contributed by atoms with Gasteiger partial charge in [-0.15, -0.1) is 0 Å². The maximum atomic E-state index is 13.3. The van der Waals surface area contributed by atoms with Gasteiger partial charge in [-0.25, -0.2) is 14.1 Å². The molecule has 2 aromatic heterocycles. The second-order valence-corrected chi connectivity index (χ2v) is 10.7. The van der Waals surface area contributed by atoms with Gasteiger partial charge in [0.25, 0.3) is 5.56 Å². The number of likely N-dealkylation sites (tertiary alicyclic amines) is 1. The highest BCUT2D eigenvalue weighted by atomic mass is 19.1. The first-order valence-corrected chi connectivity index (χ1v) is 13.3. The zero-order valence-electron chi connectivity index (χ0n) is 21.3. The Balaban J connectivity index is 1.11. The van der Waals surface area contributed by atoms with Gasteiger partial charge in [0.2, 0.25) is 0 Å². The maximum absolute atomic E-state index is 13.3. The van der Waals surface area contributed by atoms with Crippen molar-refractivity contribution in [2.75, 3.05) is 19.7 Å². The van der Waals surface area contributed by atoms with E-state index in [1.54, 1.807) is 16.8 Å². The minimum Gasteiger partial charge on any atom is -0.493 e. The SMILES string of the molecule is O=c1c2cnn(-c3ccc(OCC4CCC4)cc3)c2ncn1CC1(O)CCN(Cc2ccc(F)cc2)CC1. The number of hydrogen-bond donors (Lipinski definition) is 1. The molecule has 0 unspecified atom stereocenters. The molecule has 8 nitrogen and oxygen atoms in total. The smallest absolute Gasteiger partial charge is 0.264 e. The van der Waals surface area contributed by atoms with E-state index in [-0.39, 0.29) is 17.9 Å². The van der Waals surface area contributed by atoms with E-state index in [2.05, 4.69) is 15.0 Å². The Morgan fingerprint density at radius 3 is 2.47 bits per heavy atom. The van der Waals surface area contributed by atoms with Crippen LogP contribution in [0.4, 0.5) is 4.39 Å². The average molecular weight is 518 g/mol. The molecular weight excluding hydrogens is 485 g/mol. The molecule has 3 heterocycles. The Morgan fingerprint density at radius 2 is 1.79 bits per heavy atom. The second kappa shape index (κ2) is 10.3. The van der Waals surface area contributed by atoms with Crippen LogP contribution < -0.4 is 10.3 Å². The van der Waals surface area contributed by atoms with Crippen molar-refractivity contribution in [3.05, 3.63) is 82.8 Å². The minimum atomic E-state index is -0.996. The molecule has 198 valence electrons. The Morgan fingerprint density at radius 1 is 1.05 bits per heavy atom. The van der Waals surface area contributed by atoms with E-state index in [0.29, 0.717) is 49.4 Å². The van der Waals surface area contributed by atoms with Crippen LogP contribution in [-0.2, 0) is 13.1 Å². The number of nitrogens with zero attached hydrogens (tertiary/aromatic N) is 5. The largest absolute Gasteiger partial charge is 0.493 e. The molecule has 0 atom stereocenters. The lowest BCUT2D eigenvalue weighted by molar-refractivity contribution is -0.0364. The molecular formula is C29H32FN5O3. The lowest BCUT2D eigenvalue weighted by Gasteiger charge is -2.38. The van der Waals surface area contributed by atoms with Crippen molar-refractivity contribution in [3.63, 3.8) is 0 Å². The molecule has 6 rings (SSSR count). The molecule has 2 fully saturated rings. The van der Waals surface area contributed by atoms with E-state index >= 15 is 0 Å². The normalized spacial score (nSPS) is 17.9. The van der Waals surface area contributed by atoms with Crippen LogP contribution in [0.2, 0.25) is 0 Å². The van der Waals surface area contributed by atoms with Crippen molar-refractivity contribution < 1.29 is 14.2 Å². The minimum absolute atomic E-state index is 0.178. The Kier molecular flexibility index (Phi) is 6.71. The summed E-state index contributed by atoms with van der Waals surface area (Å²) in [6, 6.07) is 14.2. The molecule has 1 aliphatic carbocycles. The Hall–Kier alpha value is -3.56. The van der Waals surface area contributed by atoms with Crippen LogP contribution in [0.15, 0.2) is 65.8 Å². The van der Waals surface area contributed by atoms with Crippen molar-refractivity contribution in [2.45, 2.75) is 50.8 Å². The van der Waals surface area contributed by atoms with E-state index in [4.69, 9.17) is 4.74 Å². The van der Waals surface area contributed by atoms with Crippen molar-refractivity contribution in [3.8, 4) is 11.4 Å². The van der Waals surface area contributed by atoms with E-state index in [1.165, 1.54) is 48.5 Å². The monoisotopic (exact) mass is 517 g/mol. The number of benzene rings is 2. The summed E-state index contributed by atoms with van der Waals surface area (Å²) in [5.41, 5.74) is 1.10. The quantitative estimate of drug-likeness (QED) is 0.381. The summed E-state index contributed by atoms with van der Waals surface area (Å²) >= 11 is 0. The lowest BCUT2D eigenvalue weighted by Crippen LogP contribution is -2.47. The Labute approximate surface area is 220 Å². The molecule has 1 saturated carbocycles. The number of fused-ring (bicyclic) bond motifs is 1. The molecule has 1 N–H and O–H groups in total. The molecule has 38 heavy (non-hydrogen) atoms. The highest BCUT2D eigenvalue weighted by molar-refractivity contribution is 5.75. The van der Waals surface area contributed by atoms with Crippen molar-refractivity contribution in [2.24, 2.45) is 5.92 Å². The third-order valence-electron chi connectivity index (χ3n) is 7.92. The van der Waals surface area contributed by atoms with Gasteiger partial charge in [0.1, 0.15) is 23.3 Å². The van der Waals surface area contributed by atoms with E-state index < -0.39 is 5.60 Å². The lowest BCUT2D eigenvalue weighted by atomic mass is 9.86. The summed E-state index contributed by atoms with van der Waals surface area (Å²) in [7, 11) is 0. The number of aromatic nitrogens is 4. The van der Waals surface area contributed by atoms with Crippen LogP contribution in [0.3, 0.4) is 0 Å². The molecule has 0 amide bonds. The third kappa shape index (κ3) is 5.21. The number of piperidine rings is 1. The van der Waals surface area contributed by atoms with Gasteiger partial charge in [0, 0.05) is 19.6 Å². The second-order valence-electron chi connectivity index (χ2n) is 10.7. The molecule has 9 heteroatoms. The first-order chi connectivity index (χ1) is 18.5. The predicted molar refractivity (Wildman–Crippen MR) is 142 cm³/mol. The van der Waals surface area contributed by atoms with E-state index in [1.807, 2.05) is 24.3 Å². The van der Waals surface area contributed by atoms with Gasteiger partial charge in [-0.3, -0.25) is 14.3 Å². The molecule has 2 aliphatic rings. The summed E-state index contributed by atoms with van der Waals surface area (Å²) in [6.45, 7) is 3.02. The van der Waals surface area contributed by atoms with Crippen LogP contribution in [0.25, 0.3) is 16.7 Å². The summed E-state index contributed by atoms with van der Waals surface area (Å²) in [5, 5.41) is 16.1. The van der Waals surface area contributed by atoms with E-state index in [9.17, 15) is 14.3 Å². The number of ether oxygens (including phenoxy) is 1. The molecule has 2 aromatic carbocycles. The van der Waals surface area contributed by atoms with Gasteiger partial charge < -0.3 is 9.84 Å². The zero-order valence-corrected chi connectivity index (χ0v) is 21.3. The number of hydrogen-bond acceptors (Lipinski definition) is 6. The summed E-state index contributed by atoms with van der Waals surface area (Å²) < 4.78 is 22.2. The van der Waals surface area contributed by atoms with Gasteiger partial charge in [0.05, 0.1) is 30.6 Å². The van der Waals surface area contributed by atoms with E-state index in [0.717, 1.165) is 23.6 Å². The fraction of sp³-hybridized carbons (Fsp3) is 0.414. The third-order valence-corrected chi connectivity index (χ3v) is 7.92. The standard InChI is InChI=1S/C29H32FN5O3/c30-23-6-4-21(5-7-23)17-33-14-12-29(37,13-15-33)19-34-20-31-27-26(28(34)36)16-32-35(27)24-8-10-25(11-9-24)38-18-22-2-1-3-22/h4-11,16,20,22,37H,1-3,12-15,17-19H2. The molecule has 0 bridgehead atoms. The molecule has 0 radical (unpaired) electrons. The highest BCUT2D eigenvalue weighted by Gasteiger charge is 2.33. The first-order valence-electron chi connectivity index (χ1n) is 13.3. The van der Waals surface area contributed by atoms with Crippen LogP contribution in [0.5, 0.6) is 5.75 Å². The van der Waals surface area contributed by atoms with Crippen LogP contribution >= 0.6 is 0 Å². The number of halogens is 1. The Bertz CT molecular complexity index is 1450. The number of aliphatic hydroxyl groups is 1. The van der Waals surface area contributed by atoms with Crippen molar-refractivity contribution in [1.29, 1.82) is 0 Å². The van der Waals surface area contributed by atoms with Gasteiger partial charge in [-0.1, -0.05) is 18.6 Å². The summed E-state index contributed by atoms with van der Waals surface area (Å²) in [6.07, 6.45) is 7.89. The predicted octanol–water partition coefficient (Wildman–Crippen LogP) is 3.93. The molecule has 1 aliphatic heterocycles. The fourth-order valence-corrected chi connectivity index (χ4v) is 5.26. The summed E-state index contributed by atoms with van der Waals surface area (Å²) in [4.78, 5) is 20.0. The zero-order chi connectivity index (χ0) is 26.1. The van der Waals surface area contributed by atoms with Gasteiger partial charge in [-0.2, -0.15) is 5.10 Å².